The Balaban J connectivity index is 2.62. The molecule has 0 radical (unpaired) electrons. The monoisotopic (exact) mass is 269 g/mol. The number of hydrogen-bond acceptors (Lipinski definition) is 4. The van der Waals surface area contributed by atoms with Crippen molar-refractivity contribution in [3.8, 4) is 0 Å². The summed E-state index contributed by atoms with van der Waals surface area (Å²) in [4.78, 5) is 0.418. The molecule has 1 saturated heterocycles. The van der Waals surface area contributed by atoms with Gasteiger partial charge in [-0.2, -0.15) is 0 Å². The van der Waals surface area contributed by atoms with Crippen LogP contribution in [0.25, 0.3) is 0 Å². The van der Waals surface area contributed by atoms with Crippen molar-refractivity contribution in [2.75, 3.05) is 19.8 Å². The molecule has 1 aliphatic heterocycles. The molecule has 5 heteroatoms. The zero-order chi connectivity index (χ0) is 13.6. The molecule has 2 N–H and O–H groups in total. The Morgan fingerprint density at radius 1 is 1.22 bits per heavy atom. The predicted molar refractivity (Wildman–Crippen MR) is 70.4 cm³/mol. The van der Waals surface area contributed by atoms with Crippen molar-refractivity contribution < 1.29 is 13.2 Å². The molecule has 1 fully saturated rings. The van der Waals surface area contributed by atoms with Crippen molar-refractivity contribution in [2.45, 2.75) is 30.4 Å². The van der Waals surface area contributed by atoms with Gasteiger partial charge in [0.05, 0.1) is 18.1 Å². The van der Waals surface area contributed by atoms with E-state index in [0.29, 0.717) is 4.90 Å². The summed E-state index contributed by atoms with van der Waals surface area (Å²) in [6.07, 6.45) is 0. The van der Waals surface area contributed by atoms with Crippen molar-refractivity contribution in [1.29, 1.82) is 0 Å². The van der Waals surface area contributed by atoms with Crippen LogP contribution in [-0.2, 0) is 14.6 Å². The maximum Gasteiger partial charge on any atom is 0.190 e. The van der Waals surface area contributed by atoms with Crippen molar-refractivity contribution in [1.82, 2.24) is 0 Å². The molecule has 0 amide bonds. The predicted octanol–water partition coefficient (Wildman–Crippen LogP) is 1.11. The molecule has 1 aromatic carbocycles. The Labute approximate surface area is 108 Å². The second-order valence-electron chi connectivity index (χ2n) is 5.11. The van der Waals surface area contributed by atoms with Gasteiger partial charge in [-0.1, -0.05) is 17.7 Å². The summed E-state index contributed by atoms with van der Waals surface area (Å²) >= 11 is 0. The quantitative estimate of drug-likeness (QED) is 0.892. The molecule has 0 aromatic heterocycles. The molecular formula is C13H19NO3S. The highest BCUT2D eigenvalue weighted by Gasteiger charge is 2.51. The minimum Gasteiger partial charge on any atom is -0.378 e. The molecule has 0 atom stereocenters. The van der Waals surface area contributed by atoms with Crippen LogP contribution in [0.5, 0.6) is 0 Å². The third-order valence-corrected chi connectivity index (χ3v) is 6.27. The van der Waals surface area contributed by atoms with Crippen LogP contribution >= 0.6 is 0 Å². The van der Waals surface area contributed by atoms with Gasteiger partial charge >= 0.3 is 0 Å². The summed E-state index contributed by atoms with van der Waals surface area (Å²) in [5, 5.41) is 0. The molecule has 100 valence electrons. The molecule has 1 heterocycles. The van der Waals surface area contributed by atoms with Gasteiger partial charge in [-0.3, -0.25) is 0 Å². The third kappa shape index (κ3) is 1.77. The SMILES string of the molecule is Cc1cc(C)c(S(=O)(=O)C2(CN)COC2)c(C)c1. The summed E-state index contributed by atoms with van der Waals surface area (Å²) in [6.45, 7) is 6.11. The van der Waals surface area contributed by atoms with Crippen molar-refractivity contribution >= 4 is 9.84 Å². The Morgan fingerprint density at radius 3 is 2.06 bits per heavy atom. The number of nitrogens with two attached hydrogens (primary N) is 1. The van der Waals surface area contributed by atoms with Gasteiger partial charge in [0.15, 0.2) is 9.84 Å². The van der Waals surface area contributed by atoms with E-state index in [-0.39, 0.29) is 19.8 Å². The lowest BCUT2D eigenvalue weighted by atomic mass is 10.1. The standard InChI is InChI=1S/C13H19NO3S/c1-9-4-10(2)12(11(3)5-9)18(15,16)13(6-14)7-17-8-13/h4-5H,6-8,14H2,1-3H3. The normalized spacial score (nSPS) is 18.4. The lowest BCUT2D eigenvalue weighted by Crippen LogP contribution is -2.60. The maximum absolute atomic E-state index is 12.8. The average molecular weight is 269 g/mol. The second kappa shape index (κ2) is 4.33. The molecule has 0 spiro atoms. The van der Waals surface area contributed by atoms with Crippen LogP contribution in [0.1, 0.15) is 16.7 Å². The second-order valence-corrected chi connectivity index (χ2v) is 7.39. The summed E-state index contributed by atoms with van der Waals surface area (Å²) in [7, 11) is -3.44. The number of aryl methyl sites for hydroxylation is 3. The lowest BCUT2D eigenvalue weighted by molar-refractivity contribution is -0.00927. The number of rotatable bonds is 3. The van der Waals surface area contributed by atoms with E-state index in [0.717, 1.165) is 16.7 Å². The van der Waals surface area contributed by atoms with Gasteiger partial charge < -0.3 is 10.5 Å². The van der Waals surface area contributed by atoms with Crippen LogP contribution in [0.15, 0.2) is 17.0 Å². The van der Waals surface area contributed by atoms with E-state index in [9.17, 15) is 8.42 Å². The molecule has 0 saturated carbocycles. The van der Waals surface area contributed by atoms with Gasteiger partial charge in [-0.05, 0) is 31.9 Å². The van der Waals surface area contributed by atoms with Crippen molar-refractivity contribution in [3.63, 3.8) is 0 Å². The minimum atomic E-state index is -3.44. The largest absolute Gasteiger partial charge is 0.378 e. The van der Waals surface area contributed by atoms with Gasteiger partial charge in [0.2, 0.25) is 0 Å². The zero-order valence-electron chi connectivity index (χ0n) is 11.0. The first-order valence-corrected chi connectivity index (χ1v) is 7.43. The first-order valence-electron chi connectivity index (χ1n) is 5.94. The van der Waals surface area contributed by atoms with Gasteiger partial charge in [0.1, 0.15) is 4.75 Å². The fourth-order valence-corrected chi connectivity index (χ4v) is 4.61. The number of benzene rings is 1. The topological polar surface area (TPSA) is 69.4 Å². The Kier molecular flexibility index (Phi) is 3.25. The fraction of sp³-hybridized carbons (Fsp3) is 0.538. The number of ether oxygens (including phenoxy) is 1. The van der Waals surface area contributed by atoms with E-state index in [1.54, 1.807) is 0 Å². The molecule has 0 bridgehead atoms. The van der Waals surface area contributed by atoms with Crippen LogP contribution < -0.4 is 5.73 Å². The van der Waals surface area contributed by atoms with Gasteiger partial charge in [0.25, 0.3) is 0 Å². The Morgan fingerprint density at radius 2 is 1.72 bits per heavy atom. The van der Waals surface area contributed by atoms with Gasteiger partial charge in [-0.25, -0.2) is 8.42 Å². The molecule has 18 heavy (non-hydrogen) atoms. The van der Waals surface area contributed by atoms with E-state index in [4.69, 9.17) is 10.5 Å². The maximum atomic E-state index is 12.8. The first kappa shape index (κ1) is 13.5. The van der Waals surface area contributed by atoms with E-state index >= 15 is 0 Å². The summed E-state index contributed by atoms with van der Waals surface area (Å²) in [5.41, 5.74) is 8.30. The average Bonchev–Trinajstić information content (AvgIpc) is 2.12. The highest BCUT2D eigenvalue weighted by Crippen LogP contribution is 2.35. The molecular weight excluding hydrogens is 250 g/mol. The first-order chi connectivity index (χ1) is 8.34. The number of hydrogen-bond donors (Lipinski definition) is 1. The van der Waals surface area contributed by atoms with Crippen LogP contribution in [0, 0.1) is 20.8 Å². The molecule has 1 aliphatic rings. The van der Waals surface area contributed by atoms with E-state index in [2.05, 4.69) is 0 Å². The van der Waals surface area contributed by atoms with Crippen molar-refractivity contribution in [2.24, 2.45) is 5.73 Å². The van der Waals surface area contributed by atoms with Gasteiger partial charge in [-0.15, -0.1) is 0 Å². The summed E-state index contributed by atoms with van der Waals surface area (Å²) < 4.78 is 29.7. The lowest BCUT2D eigenvalue weighted by Gasteiger charge is -2.40. The molecule has 0 aliphatic carbocycles. The van der Waals surface area contributed by atoms with Crippen molar-refractivity contribution in [3.05, 3.63) is 28.8 Å². The van der Waals surface area contributed by atoms with Crippen LogP contribution in [0.4, 0.5) is 0 Å². The third-order valence-electron chi connectivity index (χ3n) is 3.55. The molecule has 0 unspecified atom stereocenters. The van der Waals surface area contributed by atoms with Gasteiger partial charge in [0, 0.05) is 6.54 Å². The minimum absolute atomic E-state index is 0.0993. The zero-order valence-corrected chi connectivity index (χ0v) is 11.8. The molecule has 1 aromatic rings. The van der Waals surface area contributed by atoms with E-state index < -0.39 is 14.6 Å². The summed E-state index contributed by atoms with van der Waals surface area (Å²) in [5.74, 6) is 0. The van der Waals surface area contributed by atoms with Crippen LogP contribution in [-0.4, -0.2) is 32.9 Å². The van der Waals surface area contributed by atoms with E-state index in [1.807, 2.05) is 32.9 Å². The smallest absolute Gasteiger partial charge is 0.190 e. The molecule has 4 nitrogen and oxygen atoms in total. The molecule has 2 rings (SSSR count). The Bertz CT molecular complexity index is 545. The van der Waals surface area contributed by atoms with Crippen LogP contribution in [0.3, 0.4) is 0 Å². The highest BCUT2D eigenvalue weighted by molar-refractivity contribution is 7.93. The summed E-state index contributed by atoms with van der Waals surface area (Å²) in [6, 6.07) is 3.78. The van der Waals surface area contributed by atoms with E-state index in [1.165, 1.54) is 0 Å². The number of sulfone groups is 1. The highest BCUT2D eigenvalue weighted by atomic mass is 32.2. The Hall–Kier alpha value is -0.910. The van der Waals surface area contributed by atoms with Crippen LogP contribution in [0.2, 0.25) is 0 Å². The fourth-order valence-electron chi connectivity index (χ4n) is 2.52.